The monoisotopic (exact) mass is 272 g/mol. The van der Waals surface area contributed by atoms with Crippen LogP contribution in [0.25, 0.3) is 0 Å². The number of halogens is 1. The van der Waals surface area contributed by atoms with E-state index in [0.717, 1.165) is 11.3 Å². The standard InChI is InChI=1S/C12H17ClN2O3/c1-8-5-11(15(16)17)9(13)6-10(8)14-12(2,3)7-18-4/h5-6,14H,7H2,1-4H3. The number of aryl methyl sites for hydroxylation is 1. The lowest BCUT2D eigenvalue weighted by atomic mass is 10.0. The lowest BCUT2D eigenvalue weighted by Crippen LogP contribution is -2.36. The molecule has 0 aliphatic carbocycles. The third-order valence-electron chi connectivity index (χ3n) is 2.47. The van der Waals surface area contributed by atoms with Crippen LogP contribution in [0.5, 0.6) is 0 Å². The summed E-state index contributed by atoms with van der Waals surface area (Å²) in [5, 5.41) is 14.1. The van der Waals surface area contributed by atoms with Crippen LogP contribution in [0.1, 0.15) is 19.4 Å². The number of rotatable bonds is 5. The van der Waals surface area contributed by atoms with Crippen molar-refractivity contribution in [2.45, 2.75) is 26.3 Å². The predicted octanol–water partition coefficient (Wildman–Crippen LogP) is 3.39. The van der Waals surface area contributed by atoms with Gasteiger partial charge in [-0.2, -0.15) is 0 Å². The van der Waals surface area contributed by atoms with Gasteiger partial charge < -0.3 is 10.1 Å². The molecule has 0 fully saturated rings. The Morgan fingerprint density at radius 2 is 2.11 bits per heavy atom. The molecule has 1 aromatic carbocycles. The van der Waals surface area contributed by atoms with Crippen LogP contribution in [-0.4, -0.2) is 24.2 Å². The van der Waals surface area contributed by atoms with Crippen LogP contribution in [0, 0.1) is 17.0 Å². The molecule has 0 saturated carbocycles. The number of nitrogens with one attached hydrogen (secondary N) is 1. The first kappa shape index (κ1) is 14.7. The zero-order valence-corrected chi connectivity index (χ0v) is 11.7. The molecule has 1 N–H and O–H groups in total. The van der Waals surface area contributed by atoms with E-state index in [1.165, 1.54) is 6.07 Å². The van der Waals surface area contributed by atoms with Crippen molar-refractivity contribution >= 4 is 23.0 Å². The molecule has 5 nitrogen and oxygen atoms in total. The highest BCUT2D eigenvalue weighted by molar-refractivity contribution is 6.33. The Kier molecular flexibility index (Phi) is 4.53. The minimum atomic E-state index is -0.487. The van der Waals surface area contributed by atoms with E-state index in [2.05, 4.69) is 5.32 Å². The number of nitro benzene ring substituents is 1. The Morgan fingerprint density at radius 3 is 2.61 bits per heavy atom. The van der Waals surface area contributed by atoms with Crippen molar-refractivity contribution in [1.29, 1.82) is 0 Å². The van der Waals surface area contributed by atoms with Gasteiger partial charge in [0.2, 0.25) is 0 Å². The largest absolute Gasteiger partial charge is 0.382 e. The Morgan fingerprint density at radius 1 is 1.50 bits per heavy atom. The summed E-state index contributed by atoms with van der Waals surface area (Å²) in [6.07, 6.45) is 0. The second-order valence-electron chi connectivity index (χ2n) is 4.82. The Bertz CT molecular complexity index is 461. The molecule has 0 atom stereocenters. The van der Waals surface area contributed by atoms with Crippen LogP contribution in [0.3, 0.4) is 0 Å². The number of benzene rings is 1. The fraction of sp³-hybridized carbons (Fsp3) is 0.500. The maximum absolute atomic E-state index is 10.8. The molecule has 0 amide bonds. The fourth-order valence-electron chi connectivity index (χ4n) is 1.70. The number of hydrogen-bond donors (Lipinski definition) is 1. The minimum Gasteiger partial charge on any atom is -0.382 e. The summed E-state index contributed by atoms with van der Waals surface area (Å²) in [6, 6.07) is 3.04. The fourth-order valence-corrected chi connectivity index (χ4v) is 1.94. The van der Waals surface area contributed by atoms with Crippen LogP contribution in [0.15, 0.2) is 12.1 Å². The summed E-state index contributed by atoms with van der Waals surface area (Å²) in [7, 11) is 1.62. The first-order chi connectivity index (χ1) is 8.26. The van der Waals surface area contributed by atoms with E-state index in [0.29, 0.717) is 6.61 Å². The SMILES string of the molecule is COCC(C)(C)Nc1cc(Cl)c([N+](=O)[O-])cc1C. The first-order valence-corrected chi connectivity index (χ1v) is 5.86. The maximum Gasteiger partial charge on any atom is 0.288 e. The number of methoxy groups -OCH3 is 1. The average molecular weight is 273 g/mol. The van der Waals surface area contributed by atoms with Gasteiger partial charge in [0, 0.05) is 18.9 Å². The summed E-state index contributed by atoms with van der Waals surface area (Å²) >= 11 is 5.89. The number of anilines is 1. The lowest BCUT2D eigenvalue weighted by molar-refractivity contribution is -0.384. The van der Waals surface area contributed by atoms with Crippen LogP contribution in [-0.2, 0) is 4.74 Å². The van der Waals surface area contributed by atoms with Gasteiger partial charge in [0.1, 0.15) is 5.02 Å². The molecule has 0 bridgehead atoms. The molecular formula is C12H17ClN2O3. The molecule has 0 radical (unpaired) electrons. The second-order valence-corrected chi connectivity index (χ2v) is 5.22. The van der Waals surface area contributed by atoms with Gasteiger partial charge in [-0.1, -0.05) is 11.6 Å². The maximum atomic E-state index is 10.8. The van der Waals surface area contributed by atoms with Crippen molar-refractivity contribution in [3.8, 4) is 0 Å². The zero-order valence-electron chi connectivity index (χ0n) is 10.9. The quantitative estimate of drug-likeness (QED) is 0.659. The molecule has 0 aromatic heterocycles. The van der Waals surface area contributed by atoms with Crippen LogP contribution < -0.4 is 5.32 Å². The average Bonchev–Trinajstić information content (AvgIpc) is 2.21. The van der Waals surface area contributed by atoms with Crippen molar-refractivity contribution in [3.05, 3.63) is 32.8 Å². The Balaban J connectivity index is 3.05. The van der Waals surface area contributed by atoms with E-state index in [1.807, 2.05) is 13.8 Å². The molecule has 0 heterocycles. The molecule has 0 saturated heterocycles. The summed E-state index contributed by atoms with van der Waals surface area (Å²) in [6.45, 7) is 6.27. The Hall–Kier alpha value is -1.33. The molecule has 0 unspecified atom stereocenters. The number of nitro groups is 1. The van der Waals surface area contributed by atoms with Crippen LogP contribution in [0.2, 0.25) is 5.02 Å². The summed E-state index contributed by atoms with van der Waals surface area (Å²) < 4.78 is 5.11. The van der Waals surface area contributed by atoms with E-state index in [1.54, 1.807) is 20.1 Å². The van der Waals surface area contributed by atoms with E-state index < -0.39 is 4.92 Å². The minimum absolute atomic E-state index is 0.0794. The summed E-state index contributed by atoms with van der Waals surface area (Å²) in [5.74, 6) is 0. The van der Waals surface area contributed by atoms with Gasteiger partial charge in [-0.15, -0.1) is 0 Å². The van der Waals surface area contributed by atoms with Gasteiger partial charge >= 0.3 is 0 Å². The van der Waals surface area contributed by atoms with Gasteiger partial charge in [-0.25, -0.2) is 0 Å². The number of ether oxygens (including phenoxy) is 1. The first-order valence-electron chi connectivity index (χ1n) is 5.48. The van der Waals surface area contributed by atoms with E-state index in [4.69, 9.17) is 16.3 Å². The molecular weight excluding hydrogens is 256 g/mol. The van der Waals surface area contributed by atoms with E-state index in [9.17, 15) is 10.1 Å². The van der Waals surface area contributed by atoms with Crippen molar-refractivity contribution in [1.82, 2.24) is 0 Å². The third kappa shape index (κ3) is 3.58. The predicted molar refractivity (Wildman–Crippen MR) is 72.4 cm³/mol. The Labute approximate surface area is 111 Å². The molecule has 1 aromatic rings. The molecule has 0 aliphatic rings. The normalized spacial score (nSPS) is 11.4. The van der Waals surface area contributed by atoms with Gasteiger partial charge in [-0.3, -0.25) is 10.1 Å². The second kappa shape index (κ2) is 5.54. The van der Waals surface area contributed by atoms with Crippen LogP contribution in [0.4, 0.5) is 11.4 Å². The summed E-state index contributed by atoms with van der Waals surface area (Å²) in [4.78, 5) is 10.3. The topological polar surface area (TPSA) is 64.4 Å². The number of hydrogen-bond acceptors (Lipinski definition) is 4. The van der Waals surface area contributed by atoms with E-state index in [-0.39, 0.29) is 16.2 Å². The third-order valence-corrected chi connectivity index (χ3v) is 2.77. The van der Waals surface area contributed by atoms with Crippen molar-refractivity contribution < 1.29 is 9.66 Å². The smallest absolute Gasteiger partial charge is 0.288 e. The zero-order chi connectivity index (χ0) is 13.9. The van der Waals surface area contributed by atoms with Gasteiger partial charge in [0.05, 0.1) is 17.1 Å². The highest BCUT2D eigenvalue weighted by atomic mass is 35.5. The highest BCUT2D eigenvalue weighted by Crippen LogP contribution is 2.31. The van der Waals surface area contributed by atoms with Crippen molar-refractivity contribution in [3.63, 3.8) is 0 Å². The van der Waals surface area contributed by atoms with Crippen molar-refractivity contribution in [2.75, 3.05) is 19.0 Å². The van der Waals surface area contributed by atoms with Crippen molar-refractivity contribution in [2.24, 2.45) is 0 Å². The molecule has 100 valence electrons. The summed E-state index contributed by atoms with van der Waals surface area (Å²) in [5.41, 5.74) is 1.19. The lowest BCUT2D eigenvalue weighted by Gasteiger charge is -2.27. The van der Waals surface area contributed by atoms with Crippen LogP contribution >= 0.6 is 11.6 Å². The molecule has 0 spiro atoms. The molecule has 6 heteroatoms. The number of nitrogens with zero attached hydrogens (tertiary/aromatic N) is 1. The van der Waals surface area contributed by atoms with Gasteiger partial charge in [0.25, 0.3) is 5.69 Å². The molecule has 1 rings (SSSR count). The molecule has 18 heavy (non-hydrogen) atoms. The highest BCUT2D eigenvalue weighted by Gasteiger charge is 2.21. The van der Waals surface area contributed by atoms with Gasteiger partial charge in [-0.05, 0) is 32.4 Å². The molecule has 0 aliphatic heterocycles. The van der Waals surface area contributed by atoms with E-state index >= 15 is 0 Å². The van der Waals surface area contributed by atoms with Gasteiger partial charge in [0.15, 0.2) is 0 Å².